The number of rotatable bonds is 3. The van der Waals surface area contributed by atoms with Gasteiger partial charge in [-0.1, -0.05) is 0 Å². The lowest BCUT2D eigenvalue weighted by molar-refractivity contribution is -0.674. The van der Waals surface area contributed by atoms with Crippen LogP contribution in [0.1, 0.15) is 6.92 Å². The number of aromatic nitrogens is 2. The maximum absolute atomic E-state index is 8.64. The van der Waals surface area contributed by atoms with Crippen LogP contribution in [0.5, 0.6) is 6.01 Å². The summed E-state index contributed by atoms with van der Waals surface area (Å²) in [5.74, 6) is 0. The van der Waals surface area contributed by atoms with Crippen molar-refractivity contribution in [3.8, 4) is 6.01 Å². The highest BCUT2D eigenvalue weighted by molar-refractivity contribution is 7.39. The van der Waals surface area contributed by atoms with Gasteiger partial charge >= 0.3 is 14.6 Å². The molecule has 0 atom stereocenters. The fourth-order valence-electron chi connectivity index (χ4n) is 0.941. The standard InChI is InChI=1S/C6H12N2O3P/c1-3-8-5-4-7(2)6(8)11-12(9)10/h4-5,9-10H,3H2,1-2H3/q+1. The molecule has 0 fully saturated rings. The van der Waals surface area contributed by atoms with Gasteiger partial charge in [0.15, 0.2) is 0 Å². The Labute approximate surface area is 71.8 Å². The maximum Gasteiger partial charge on any atom is 0.462 e. The van der Waals surface area contributed by atoms with Crippen LogP contribution in [0, 0.1) is 0 Å². The van der Waals surface area contributed by atoms with E-state index in [0.717, 1.165) is 6.54 Å². The third kappa shape index (κ3) is 1.94. The molecule has 0 aliphatic carbocycles. The van der Waals surface area contributed by atoms with Gasteiger partial charge in [0.05, 0.1) is 13.6 Å². The average molecular weight is 191 g/mol. The largest absolute Gasteiger partial charge is 0.462 e. The summed E-state index contributed by atoms with van der Waals surface area (Å²) in [5.41, 5.74) is 0. The normalized spacial score (nSPS) is 10.8. The van der Waals surface area contributed by atoms with Gasteiger partial charge in [-0.2, -0.15) is 9.13 Å². The Bertz CT molecular complexity index is 261. The Hall–Kier alpha value is -0.640. The van der Waals surface area contributed by atoms with Crippen molar-refractivity contribution in [3.63, 3.8) is 0 Å². The molecule has 6 heteroatoms. The molecule has 0 spiro atoms. The zero-order valence-corrected chi connectivity index (χ0v) is 7.90. The van der Waals surface area contributed by atoms with Gasteiger partial charge in [-0.05, 0) is 6.92 Å². The van der Waals surface area contributed by atoms with Gasteiger partial charge < -0.3 is 14.3 Å². The van der Waals surface area contributed by atoms with E-state index in [-0.39, 0.29) is 0 Å². The van der Waals surface area contributed by atoms with Gasteiger partial charge in [-0.3, -0.25) is 0 Å². The van der Waals surface area contributed by atoms with Crippen molar-refractivity contribution in [1.82, 2.24) is 4.57 Å². The van der Waals surface area contributed by atoms with E-state index in [1.54, 1.807) is 22.4 Å². The molecule has 0 bridgehead atoms. The molecular weight excluding hydrogens is 179 g/mol. The first-order valence-corrected chi connectivity index (χ1v) is 4.72. The van der Waals surface area contributed by atoms with Gasteiger partial charge in [-0.25, -0.2) is 0 Å². The third-order valence-electron chi connectivity index (χ3n) is 1.52. The zero-order chi connectivity index (χ0) is 9.14. The first kappa shape index (κ1) is 9.45. The maximum atomic E-state index is 8.64. The molecule has 68 valence electrons. The number of nitrogens with zero attached hydrogens (tertiary/aromatic N) is 2. The van der Waals surface area contributed by atoms with Crippen molar-refractivity contribution in [1.29, 1.82) is 0 Å². The van der Waals surface area contributed by atoms with Crippen LogP contribution in [0.25, 0.3) is 0 Å². The number of hydrogen-bond acceptors (Lipinski definition) is 3. The van der Waals surface area contributed by atoms with Crippen molar-refractivity contribution in [3.05, 3.63) is 12.4 Å². The van der Waals surface area contributed by atoms with E-state index in [0.29, 0.717) is 6.01 Å². The summed E-state index contributed by atoms with van der Waals surface area (Å²) in [7, 11) is -0.553. The quantitative estimate of drug-likeness (QED) is 0.519. The van der Waals surface area contributed by atoms with E-state index < -0.39 is 8.60 Å². The summed E-state index contributed by atoms with van der Waals surface area (Å²) in [5, 5.41) is 0. The number of aryl methyl sites for hydroxylation is 2. The van der Waals surface area contributed by atoms with E-state index in [2.05, 4.69) is 0 Å². The summed E-state index contributed by atoms with van der Waals surface area (Å²) in [6, 6.07) is 0.452. The Morgan fingerprint density at radius 1 is 1.67 bits per heavy atom. The van der Waals surface area contributed by atoms with Crippen LogP contribution in [0.4, 0.5) is 0 Å². The van der Waals surface area contributed by atoms with Gasteiger partial charge in [0, 0.05) is 0 Å². The smallest absolute Gasteiger partial charge is 0.358 e. The molecule has 0 saturated carbocycles. The molecule has 1 aromatic rings. The molecule has 0 radical (unpaired) electrons. The lowest BCUT2D eigenvalue weighted by atomic mass is 10.7. The van der Waals surface area contributed by atoms with Crippen LogP contribution in [0.3, 0.4) is 0 Å². The molecule has 2 N–H and O–H groups in total. The molecule has 5 nitrogen and oxygen atoms in total. The van der Waals surface area contributed by atoms with E-state index in [1.165, 1.54) is 0 Å². The van der Waals surface area contributed by atoms with E-state index in [9.17, 15) is 0 Å². The highest BCUT2D eigenvalue weighted by atomic mass is 31.2. The molecule has 0 aliphatic heterocycles. The summed E-state index contributed by atoms with van der Waals surface area (Å²) >= 11 is 0. The van der Waals surface area contributed by atoms with Crippen molar-refractivity contribution in [2.75, 3.05) is 0 Å². The molecule has 1 aromatic heterocycles. The molecular formula is C6H12N2O3P+. The van der Waals surface area contributed by atoms with E-state index >= 15 is 0 Å². The number of imidazole rings is 1. The molecule has 0 saturated heterocycles. The van der Waals surface area contributed by atoms with Gasteiger partial charge in [0.1, 0.15) is 12.4 Å². The van der Waals surface area contributed by atoms with Gasteiger partial charge in [0.2, 0.25) is 0 Å². The minimum absolute atomic E-state index is 0.452. The second-order valence-electron chi connectivity index (χ2n) is 2.32. The second kappa shape index (κ2) is 3.85. The lowest BCUT2D eigenvalue weighted by Gasteiger charge is -2.01. The second-order valence-corrected chi connectivity index (χ2v) is 3.01. The highest BCUT2D eigenvalue weighted by Gasteiger charge is 2.18. The van der Waals surface area contributed by atoms with Crippen LogP contribution in [0.2, 0.25) is 0 Å². The predicted octanol–water partition coefficient (Wildman–Crippen LogP) is -0.0772. The summed E-state index contributed by atoms with van der Waals surface area (Å²) in [6.07, 6.45) is 3.60. The molecule has 0 amide bonds. The minimum Gasteiger partial charge on any atom is -0.358 e. The molecule has 1 rings (SSSR count). The Kier molecular flexibility index (Phi) is 3.03. The van der Waals surface area contributed by atoms with Crippen LogP contribution < -0.4 is 9.09 Å². The summed E-state index contributed by atoms with van der Waals surface area (Å²) < 4.78 is 8.27. The van der Waals surface area contributed by atoms with Crippen molar-refractivity contribution in [2.24, 2.45) is 7.05 Å². The molecule has 0 unspecified atom stereocenters. The zero-order valence-electron chi connectivity index (χ0n) is 7.01. The molecule has 0 aromatic carbocycles. The van der Waals surface area contributed by atoms with Crippen LogP contribution >= 0.6 is 8.60 Å². The highest BCUT2D eigenvalue weighted by Crippen LogP contribution is 2.25. The van der Waals surface area contributed by atoms with Crippen molar-refractivity contribution >= 4 is 8.60 Å². The Morgan fingerprint density at radius 2 is 2.33 bits per heavy atom. The van der Waals surface area contributed by atoms with Gasteiger partial charge in [0.25, 0.3) is 0 Å². The Morgan fingerprint density at radius 3 is 2.83 bits per heavy atom. The van der Waals surface area contributed by atoms with Crippen LogP contribution in [0.15, 0.2) is 12.4 Å². The SMILES string of the molecule is CCn1cc[n+](C)c1OP(O)O. The molecule has 0 aliphatic rings. The monoisotopic (exact) mass is 191 g/mol. The Balaban J connectivity index is 2.86. The minimum atomic E-state index is -2.33. The predicted molar refractivity (Wildman–Crippen MR) is 43.3 cm³/mol. The fraction of sp³-hybridized carbons (Fsp3) is 0.500. The first-order valence-electron chi connectivity index (χ1n) is 3.55. The topological polar surface area (TPSA) is 58.5 Å². The van der Waals surface area contributed by atoms with Gasteiger partial charge in [-0.15, -0.1) is 0 Å². The van der Waals surface area contributed by atoms with Crippen molar-refractivity contribution in [2.45, 2.75) is 13.5 Å². The summed E-state index contributed by atoms with van der Waals surface area (Å²) in [6.45, 7) is 2.68. The molecule has 1 heterocycles. The first-order chi connectivity index (χ1) is 5.65. The number of hydrogen-bond donors (Lipinski definition) is 2. The fourth-order valence-corrected chi connectivity index (χ4v) is 1.32. The summed E-state index contributed by atoms with van der Waals surface area (Å²) in [4.78, 5) is 17.3. The van der Waals surface area contributed by atoms with Crippen molar-refractivity contribution < 1.29 is 18.9 Å². The van der Waals surface area contributed by atoms with Crippen LogP contribution in [-0.4, -0.2) is 14.4 Å². The van der Waals surface area contributed by atoms with Crippen LogP contribution in [-0.2, 0) is 13.6 Å². The molecule has 12 heavy (non-hydrogen) atoms. The average Bonchev–Trinajstić information content (AvgIpc) is 2.32. The van der Waals surface area contributed by atoms with E-state index in [4.69, 9.17) is 14.3 Å². The third-order valence-corrected chi connectivity index (χ3v) is 1.85. The lowest BCUT2D eigenvalue weighted by Crippen LogP contribution is -2.27. The van der Waals surface area contributed by atoms with E-state index in [1.807, 2.05) is 13.1 Å².